The molecule has 0 saturated carbocycles. The molecule has 18 heavy (non-hydrogen) atoms. The minimum Gasteiger partial charge on any atom is -0.307 e. The molecular formula is C16H26N2. The zero-order chi connectivity index (χ0) is 13.1. The fourth-order valence-electron chi connectivity index (χ4n) is 2.93. The molecule has 0 aliphatic carbocycles. The van der Waals surface area contributed by atoms with Gasteiger partial charge in [0.15, 0.2) is 0 Å². The molecule has 0 amide bonds. The summed E-state index contributed by atoms with van der Waals surface area (Å²) in [6.45, 7) is 8.15. The predicted octanol–water partition coefficient (Wildman–Crippen LogP) is 3.07. The first-order chi connectivity index (χ1) is 8.58. The normalized spacial score (nSPS) is 31.2. The number of hydrogen-bond acceptors (Lipinski definition) is 2. The molecule has 0 radical (unpaired) electrons. The van der Waals surface area contributed by atoms with Crippen LogP contribution in [0.25, 0.3) is 0 Å². The second-order valence-corrected chi connectivity index (χ2v) is 5.91. The van der Waals surface area contributed by atoms with Crippen molar-refractivity contribution in [1.29, 1.82) is 0 Å². The standard InChI is InChI=1S/C16H26N2/c1-12-11-18(4)13(2)10-16(12)17-14(3)15-8-6-5-7-9-15/h5-9,12-14,16-17H,10-11H2,1-4H3/t12-,13-,14-,16+/m0/s1. The van der Waals surface area contributed by atoms with Crippen LogP contribution in [0.1, 0.15) is 38.8 Å². The topological polar surface area (TPSA) is 15.3 Å². The van der Waals surface area contributed by atoms with Gasteiger partial charge in [0.1, 0.15) is 0 Å². The van der Waals surface area contributed by atoms with Crippen LogP contribution < -0.4 is 5.32 Å². The average molecular weight is 246 g/mol. The maximum absolute atomic E-state index is 3.81. The molecule has 1 fully saturated rings. The van der Waals surface area contributed by atoms with E-state index in [1.54, 1.807) is 0 Å². The van der Waals surface area contributed by atoms with Crippen molar-refractivity contribution < 1.29 is 0 Å². The Morgan fingerprint density at radius 2 is 1.89 bits per heavy atom. The Labute approximate surface area is 111 Å². The Kier molecular flexibility index (Phi) is 4.41. The van der Waals surface area contributed by atoms with E-state index in [9.17, 15) is 0 Å². The molecule has 2 heteroatoms. The monoisotopic (exact) mass is 246 g/mol. The highest BCUT2D eigenvalue weighted by atomic mass is 15.2. The van der Waals surface area contributed by atoms with Gasteiger partial charge in [-0.15, -0.1) is 0 Å². The lowest BCUT2D eigenvalue weighted by Gasteiger charge is -2.41. The fourth-order valence-corrected chi connectivity index (χ4v) is 2.93. The second kappa shape index (κ2) is 5.85. The smallest absolute Gasteiger partial charge is 0.0294 e. The Hall–Kier alpha value is -0.860. The molecule has 1 aromatic carbocycles. The van der Waals surface area contributed by atoms with E-state index in [0.717, 1.165) is 5.92 Å². The van der Waals surface area contributed by atoms with Gasteiger partial charge in [-0.05, 0) is 38.8 Å². The van der Waals surface area contributed by atoms with E-state index in [0.29, 0.717) is 18.1 Å². The first-order valence-corrected chi connectivity index (χ1v) is 7.09. The van der Waals surface area contributed by atoms with E-state index < -0.39 is 0 Å². The molecule has 1 aliphatic heterocycles. The van der Waals surface area contributed by atoms with E-state index >= 15 is 0 Å². The zero-order valence-electron chi connectivity index (χ0n) is 12.1. The van der Waals surface area contributed by atoms with Gasteiger partial charge < -0.3 is 10.2 Å². The summed E-state index contributed by atoms with van der Waals surface area (Å²) in [5.74, 6) is 0.720. The van der Waals surface area contributed by atoms with Crippen molar-refractivity contribution in [3.05, 3.63) is 35.9 Å². The largest absolute Gasteiger partial charge is 0.307 e. The second-order valence-electron chi connectivity index (χ2n) is 5.91. The van der Waals surface area contributed by atoms with Crippen molar-refractivity contribution in [2.45, 2.75) is 45.3 Å². The third-order valence-corrected chi connectivity index (χ3v) is 4.37. The number of hydrogen-bond donors (Lipinski definition) is 1. The molecule has 2 rings (SSSR count). The zero-order valence-corrected chi connectivity index (χ0v) is 12.1. The minimum atomic E-state index is 0.439. The number of nitrogens with one attached hydrogen (secondary N) is 1. The van der Waals surface area contributed by atoms with Gasteiger partial charge in [-0.1, -0.05) is 37.3 Å². The van der Waals surface area contributed by atoms with Gasteiger partial charge in [0, 0.05) is 24.7 Å². The molecule has 0 aromatic heterocycles. The lowest BCUT2D eigenvalue weighted by atomic mass is 9.89. The Balaban J connectivity index is 1.97. The van der Waals surface area contributed by atoms with E-state index in [4.69, 9.17) is 0 Å². The molecule has 100 valence electrons. The van der Waals surface area contributed by atoms with Gasteiger partial charge >= 0.3 is 0 Å². The maximum Gasteiger partial charge on any atom is 0.0294 e. The number of piperidine rings is 1. The van der Waals surface area contributed by atoms with E-state index in [2.05, 4.69) is 68.4 Å². The maximum atomic E-state index is 3.81. The van der Waals surface area contributed by atoms with Crippen LogP contribution in [0.4, 0.5) is 0 Å². The number of likely N-dealkylation sites (tertiary alicyclic amines) is 1. The van der Waals surface area contributed by atoms with Crippen LogP contribution in [0.2, 0.25) is 0 Å². The van der Waals surface area contributed by atoms with Gasteiger partial charge in [-0.25, -0.2) is 0 Å². The first kappa shape index (κ1) is 13.6. The van der Waals surface area contributed by atoms with Crippen molar-refractivity contribution in [3.8, 4) is 0 Å². The highest BCUT2D eigenvalue weighted by molar-refractivity contribution is 5.18. The molecular weight excluding hydrogens is 220 g/mol. The predicted molar refractivity (Wildman–Crippen MR) is 77.7 cm³/mol. The summed E-state index contributed by atoms with van der Waals surface area (Å²) in [6.07, 6.45) is 1.24. The molecule has 1 heterocycles. The molecule has 1 N–H and O–H groups in total. The molecule has 0 spiro atoms. The van der Waals surface area contributed by atoms with Gasteiger partial charge in [0.05, 0.1) is 0 Å². The van der Waals surface area contributed by atoms with Crippen molar-refractivity contribution >= 4 is 0 Å². The van der Waals surface area contributed by atoms with Crippen LogP contribution in [-0.4, -0.2) is 30.6 Å². The van der Waals surface area contributed by atoms with Gasteiger partial charge in [-0.3, -0.25) is 0 Å². The lowest BCUT2D eigenvalue weighted by Crippen LogP contribution is -2.51. The quantitative estimate of drug-likeness (QED) is 0.882. The van der Waals surface area contributed by atoms with Crippen molar-refractivity contribution in [1.82, 2.24) is 10.2 Å². The Morgan fingerprint density at radius 3 is 2.56 bits per heavy atom. The SMILES string of the molecule is C[C@H](N[C@@H]1C[C@H](C)N(C)C[C@@H]1C)c1ccccc1. The summed E-state index contributed by atoms with van der Waals surface area (Å²) in [6, 6.07) is 12.5. The van der Waals surface area contributed by atoms with Crippen LogP contribution in [0, 0.1) is 5.92 Å². The van der Waals surface area contributed by atoms with E-state index in [-0.39, 0.29) is 0 Å². The molecule has 1 saturated heterocycles. The van der Waals surface area contributed by atoms with Crippen LogP contribution in [-0.2, 0) is 0 Å². The van der Waals surface area contributed by atoms with E-state index in [1.807, 2.05) is 0 Å². The van der Waals surface area contributed by atoms with Crippen molar-refractivity contribution in [2.75, 3.05) is 13.6 Å². The molecule has 1 aromatic rings. The minimum absolute atomic E-state index is 0.439. The van der Waals surface area contributed by atoms with E-state index in [1.165, 1.54) is 18.5 Å². The van der Waals surface area contributed by atoms with Crippen molar-refractivity contribution in [3.63, 3.8) is 0 Å². The molecule has 0 bridgehead atoms. The first-order valence-electron chi connectivity index (χ1n) is 7.09. The van der Waals surface area contributed by atoms with Gasteiger partial charge in [0.2, 0.25) is 0 Å². The highest BCUT2D eigenvalue weighted by Gasteiger charge is 2.29. The van der Waals surface area contributed by atoms with Crippen LogP contribution in [0.5, 0.6) is 0 Å². The third-order valence-electron chi connectivity index (χ3n) is 4.37. The Bertz CT molecular complexity index is 363. The van der Waals surface area contributed by atoms with Gasteiger partial charge in [-0.2, -0.15) is 0 Å². The highest BCUT2D eigenvalue weighted by Crippen LogP contribution is 2.23. The molecule has 0 unspecified atom stereocenters. The summed E-state index contributed by atoms with van der Waals surface area (Å²) < 4.78 is 0. The number of nitrogens with zero attached hydrogens (tertiary/aromatic N) is 1. The summed E-state index contributed by atoms with van der Waals surface area (Å²) >= 11 is 0. The van der Waals surface area contributed by atoms with Crippen LogP contribution in [0.3, 0.4) is 0 Å². The Morgan fingerprint density at radius 1 is 1.22 bits per heavy atom. The summed E-state index contributed by atoms with van der Waals surface area (Å²) in [5.41, 5.74) is 1.39. The lowest BCUT2D eigenvalue weighted by molar-refractivity contribution is 0.116. The van der Waals surface area contributed by atoms with Crippen molar-refractivity contribution in [2.24, 2.45) is 5.92 Å². The molecule has 4 atom stereocenters. The van der Waals surface area contributed by atoms with Gasteiger partial charge in [0.25, 0.3) is 0 Å². The van der Waals surface area contributed by atoms with Crippen LogP contribution in [0.15, 0.2) is 30.3 Å². The number of benzene rings is 1. The summed E-state index contributed by atoms with van der Waals surface area (Å²) in [4.78, 5) is 2.47. The summed E-state index contributed by atoms with van der Waals surface area (Å²) in [5, 5.41) is 3.81. The molecule has 2 nitrogen and oxygen atoms in total. The van der Waals surface area contributed by atoms with Crippen LogP contribution >= 0.6 is 0 Å². The molecule has 1 aliphatic rings. The fraction of sp³-hybridized carbons (Fsp3) is 0.625. The third kappa shape index (κ3) is 3.12. The number of rotatable bonds is 3. The average Bonchev–Trinajstić information content (AvgIpc) is 2.37. The summed E-state index contributed by atoms with van der Waals surface area (Å²) in [7, 11) is 2.23.